The molecule has 1 nitrogen and oxygen atoms in total. The van der Waals surface area contributed by atoms with Gasteiger partial charge in [0.15, 0.2) is 0 Å². The van der Waals surface area contributed by atoms with Crippen molar-refractivity contribution in [3.05, 3.63) is 69.7 Å². The SMILES string of the molecule is OC[C@H](CCc1ccccc1)c1ccc(Cl)cc1Cl. The zero-order chi connectivity index (χ0) is 13.7. The standard InChI is InChI=1S/C16H16Cl2O/c17-14-8-9-15(16(18)10-14)13(11-19)7-6-12-4-2-1-3-5-12/h1-5,8-10,13,19H,6-7,11H2/t13-/m0/s1. The lowest BCUT2D eigenvalue weighted by Gasteiger charge is -2.16. The molecule has 2 aromatic carbocycles. The molecule has 0 heterocycles. The van der Waals surface area contributed by atoms with E-state index in [0.717, 1.165) is 18.4 Å². The smallest absolute Gasteiger partial charge is 0.0500 e. The van der Waals surface area contributed by atoms with E-state index in [-0.39, 0.29) is 12.5 Å². The molecule has 0 saturated carbocycles. The van der Waals surface area contributed by atoms with E-state index in [1.54, 1.807) is 6.07 Å². The van der Waals surface area contributed by atoms with Crippen LogP contribution in [-0.2, 0) is 6.42 Å². The monoisotopic (exact) mass is 294 g/mol. The molecule has 0 bridgehead atoms. The molecular formula is C16H16Cl2O. The van der Waals surface area contributed by atoms with E-state index in [2.05, 4.69) is 12.1 Å². The van der Waals surface area contributed by atoms with Crippen molar-refractivity contribution in [1.29, 1.82) is 0 Å². The van der Waals surface area contributed by atoms with Gasteiger partial charge in [0.2, 0.25) is 0 Å². The van der Waals surface area contributed by atoms with E-state index < -0.39 is 0 Å². The van der Waals surface area contributed by atoms with Crippen LogP contribution in [0.2, 0.25) is 10.0 Å². The molecule has 0 fully saturated rings. The second kappa shape index (κ2) is 6.95. The fourth-order valence-corrected chi connectivity index (χ4v) is 2.73. The van der Waals surface area contributed by atoms with E-state index in [0.29, 0.717) is 10.0 Å². The molecule has 1 atom stereocenters. The number of halogens is 2. The van der Waals surface area contributed by atoms with Crippen molar-refractivity contribution in [1.82, 2.24) is 0 Å². The van der Waals surface area contributed by atoms with Gasteiger partial charge in [0, 0.05) is 22.6 Å². The molecule has 3 heteroatoms. The summed E-state index contributed by atoms with van der Waals surface area (Å²) in [7, 11) is 0. The van der Waals surface area contributed by atoms with E-state index >= 15 is 0 Å². The van der Waals surface area contributed by atoms with Crippen molar-refractivity contribution >= 4 is 23.2 Å². The highest BCUT2D eigenvalue weighted by Crippen LogP contribution is 2.30. The summed E-state index contributed by atoms with van der Waals surface area (Å²) in [5, 5.41) is 10.8. The van der Waals surface area contributed by atoms with Gasteiger partial charge in [0.1, 0.15) is 0 Å². The van der Waals surface area contributed by atoms with Crippen molar-refractivity contribution in [3.8, 4) is 0 Å². The van der Waals surface area contributed by atoms with E-state index in [1.165, 1.54) is 5.56 Å². The highest BCUT2D eigenvalue weighted by molar-refractivity contribution is 6.35. The van der Waals surface area contributed by atoms with Gasteiger partial charge in [-0.25, -0.2) is 0 Å². The number of aliphatic hydroxyl groups is 1. The van der Waals surface area contributed by atoms with Crippen molar-refractivity contribution in [2.24, 2.45) is 0 Å². The Morgan fingerprint density at radius 3 is 2.37 bits per heavy atom. The van der Waals surface area contributed by atoms with E-state index in [4.69, 9.17) is 23.2 Å². The van der Waals surface area contributed by atoms with Gasteiger partial charge in [-0.05, 0) is 36.1 Å². The zero-order valence-electron chi connectivity index (χ0n) is 10.5. The number of hydrogen-bond donors (Lipinski definition) is 1. The fourth-order valence-electron chi connectivity index (χ4n) is 2.16. The molecule has 0 aliphatic heterocycles. The van der Waals surface area contributed by atoms with Crippen LogP contribution in [-0.4, -0.2) is 11.7 Å². The van der Waals surface area contributed by atoms with Crippen LogP contribution in [0.15, 0.2) is 48.5 Å². The highest BCUT2D eigenvalue weighted by Gasteiger charge is 2.14. The Balaban J connectivity index is 2.08. The number of rotatable bonds is 5. The summed E-state index contributed by atoms with van der Waals surface area (Å²) in [6, 6.07) is 15.7. The largest absolute Gasteiger partial charge is 0.396 e. The molecule has 0 aromatic heterocycles. The predicted molar refractivity (Wildman–Crippen MR) is 81.1 cm³/mol. The predicted octanol–water partition coefficient (Wildman–Crippen LogP) is 4.70. The van der Waals surface area contributed by atoms with Crippen LogP contribution in [0.25, 0.3) is 0 Å². The first-order valence-corrected chi connectivity index (χ1v) is 7.06. The molecular weight excluding hydrogens is 279 g/mol. The summed E-state index contributed by atoms with van der Waals surface area (Å²) < 4.78 is 0. The summed E-state index contributed by atoms with van der Waals surface area (Å²) in [5.41, 5.74) is 2.23. The van der Waals surface area contributed by atoms with Crippen molar-refractivity contribution < 1.29 is 5.11 Å². The third-order valence-electron chi connectivity index (χ3n) is 3.25. The molecule has 0 amide bonds. The lowest BCUT2D eigenvalue weighted by molar-refractivity contribution is 0.259. The molecule has 100 valence electrons. The molecule has 0 aliphatic carbocycles. The molecule has 1 N–H and O–H groups in total. The quantitative estimate of drug-likeness (QED) is 0.847. The average molecular weight is 295 g/mol. The normalized spacial score (nSPS) is 12.4. The molecule has 2 aromatic rings. The van der Waals surface area contributed by atoms with Gasteiger partial charge >= 0.3 is 0 Å². The third kappa shape index (κ3) is 3.97. The molecule has 19 heavy (non-hydrogen) atoms. The maximum atomic E-state index is 9.56. The van der Waals surface area contributed by atoms with Crippen LogP contribution in [0.3, 0.4) is 0 Å². The molecule has 0 spiro atoms. The van der Waals surface area contributed by atoms with Crippen LogP contribution in [0.4, 0.5) is 0 Å². The Morgan fingerprint density at radius 2 is 1.74 bits per heavy atom. The first-order valence-electron chi connectivity index (χ1n) is 6.30. The third-order valence-corrected chi connectivity index (χ3v) is 3.81. The maximum absolute atomic E-state index is 9.56. The Labute approximate surface area is 123 Å². The highest BCUT2D eigenvalue weighted by atomic mass is 35.5. The van der Waals surface area contributed by atoms with Crippen LogP contribution in [0.1, 0.15) is 23.5 Å². The molecule has 0 aliphatic rings. The maximum Gasteiger partial charge on any atom is 0.0500 e. The van der Waals surface area contributed by atoms with Crippen LogP contribution in [0.5, 0.6) is 0 Å². The van der Waals surface area contributed by atoms with Crippen molar-refractivity contribution in [2.75, 3.05) is 6.61 Å². The number of aliphatic hydroxyl groups excluding tert-OH is 1. The van der Waals surface area contributed by atoms with Gasteiger partial charge in [0.05, 0.1) is 0 Å². The zero-order valence-corrected chi connectivity index (χ0v) is 12.0. The topological polar surface area (TPSA) is 20.2 Å². The van der Waals surface area contributed by atoms with Gasteiger partial charge in [-0.2, -0.15) is 0 Å². The Hall–Kier alpha value is -1.02. The van der Waals surface area contributed by atoms with Gasteiger partial charge in [-0.1, -0.05) is 59.6 Å². The molecule has 0 unspecified atom stereocenters. The summed E-state index contributed by atoms with van der Waals surface area (Å²) >= 11 is 12.1. The summed E-state index contributed by atoms with van der Waals surface area (Å²) in [6.07, 6.45) is 1.78. The second-order valence-electron chi connectivity index (χ2n) is 4.57. The van der Waals surface area contributed by atoms with E-state index in [1.807, 2.05) is 30.3 Å². The lowest BCUT2D eigenvalue weighted by atomic mass is 9.93. The minimum Gasteiger partial charge on any atom is -0.396 e. The Bertz CT molecular complexity index is 526. The van der Waals surface area contributed by atoms with E-state index in [9.17, 15) is 5.11 Å². The summed E-state index contributed by atoms with van der Waals surface area (Å²) in [5.74, 6) is 0.0463. The van der Waals surface area contributed by atoms with Crippen LogP contribution in [0, 0.1) is 0 Å². The summed E-state index contributed by atoms with van der Waals surface area (Å²) in [6.45, 7) is 0.0915. The fraction of sp³-hybridized carbons (Fsp3) is 0.250. The number of aryl methyl sites for hydroxylation is 1. The average Bonchev–Trinajstić information content (AvgIpc) is 2.42. The number of hydrogen-bond acceptors (Lipinski definition) is 1. The van der Waals surface area contributed by atoms with Gasteiger partial charge < -0.3 is 5.11 Å². The van der Waals surface area contributed by atoms with Gasteiger partial charge in [-0.3, -0.25) is 0 Å². The number of benzene rings is 2. The minimum atomic E-state index is 0.0463. The Kier molecular flexibility index (Phi) is 5.26. The molecule has 2 rings (SSSR count). The van der Waals surface area contributed by atoms with Gasteiger partial charge in [0.25, 0.3) is 0 Å². The lowest BCUT2D eigenvalue weighted by Crippen LogP contribution is -2.06. The van der Waals surface area contributed by atoms with Gasteiger partial charge in [-0.15, -0.1) is 0 Å². The first-order chi connectivity index (χ1) is 9.20. The second-order valence-corrected chi connectivity index (χ2v) is 5.41. The minimum absolute atomic E-state index is 0.0463. The van der Waals surface area contributed by atoms with Crippen LogP contribution < -0.4 is 0 Å². The van der Waals surface area contributed by atoms with Crippen molar-refractivity contribution in [2.45, 2.75) is 18.8 Å². The van der Waals surface area contributed by atoms with Crippen molar-refractivity contribution in [3.63, 3.8) is 0 Å². The Morgan fingerprint density at radius 1 is 1.00 bits per heavy atom. The summed E-state index contributed by atoms with van der Waals surface area (Å²) in [4.78, 5) is 0. The molecule has 0 saturated heterocycles. The first kappa shape index (κ1) is 14.4. The molecule has 0 radical (unpaired) electrons. The van der Waals surface area contributed by atoms with Crippen LogP contribution >= 0.6 is 23.2 Å².